The van der Waals surface area contributed by atoms with Gasteiger partial charge in [-0.15, -0.1) is 0 Å². The Balaban J connectivity index is 1.26. The first kappa shape index (κ1) is 23.7. The molecule has 6 nitrogen and oxygen atoms in total. The summed E-state index contributed by atoms with van der Waals surface area (Å²) in [6, 6.07) is 30.0. The second-order valence-corrected chi connectivity index (χ2v) is 7.84. The van der Waals surface area contributed by atoms with Crippen molar-refractivity contribution in [1.29, 1.82) is 0 Å². The molecule has 1 amide bonds. The Kier molecular flexibility index (Phi) is 7.88. The molecular weight excluding hydrogens is 464 g/mol. The normalized spacial score (nSPS) is 10.7. The summed E-state index contributed by atoms with van der Waals surface area (Å²) in [5.41, 5.74) is 5.01. The third-order valence-corrected chi connectivity index (χ3v) is 5.26. The fourth-order valence-electron chi connectivity index (χ4n) is 3.08. The Labute approximate surface area is 207 Å². The van der Waals surface area contributed by atoms with Gasteiger partial charge in [-0.2, -0.15) is 5.10 Å². The molecule has 174 valence electrons. The van der Waals surface area contributed by atoms with E-state index in [0.29, 0.717) is 39.8 Å². The minimum absolute atomic E-state index is 0.290. The highest BCUT2D eigenvalue weighted by Gasteiger charge is 2.12. The first-order chi connectivity index (χ1) is 17.1. The summed E-state index contributed by atoms with van der Waals surface area (Å²) in [6.07, 6.45) is 1.49. The lowest BCUT2D eigenvalue weighted by atomic mass is 10.2. The number of hydrogen-bond donors (Lipinski definition) is 1. The predicted octanol–water partition coefficient (Wildman–Crippen LogP) is 5.90. The Morgan fingerprint density at radius 3 is 2.17 bits per heavy atom. The highest BCUT2D eigenvalue weighted by Crippen LogP contribution is 2.19. The van der Waals surface area contributed by atoms with E-state index in [9.17, 15) is 9.59 Å². The molecule has 7 heteroatoms. The fraction of sp³-hybridized carbons (Fsp3) is 0.0357. The van der Waals surface area contributed by atoms with Crippen molar-refractivity contribution in [2.45, 2.75) is 6.61 Å². The van der Waals surface area contributed by atoms with Crippen LogP contribution in [0, 0.1) is 0 Å². The molecule has 0 saturated heterocycles. The quantitative estimate of drug-likeness (QED) is 0.146. The van der Waals surface area contributed by atoms with Gasteiger partial charge >= 0.3 is 5.97 Å². The molecule has 4 aromatic rings. The summed E-state index contributed by atoms with van der Waals surface area (Å²) < 4.78 is 11.1. The van der Waals surface area contributed by atoms with E-state index in [-0.39, 0.29) is 5.91 Å². The molecule has 35 heavy (non-hydrogen) atoms. The van der Waals surface area contributed by atoms with Crippen LogP contribution >= 0.6 is 11.6 Å². The highest BCUT2D eigenvalue weighted by atomic mass is 35.5. The topological polar surface area (TPSA) is 77.0 Å². The maximum atomic E-state index is 12.3. The van der Waals surface area contributed by atoms with E-state index in [1.54, 1.807) is 72.8 Å². The second kappa shape index (κ2) is 11.6. The first-order valence-corrected chi connectivity index (χ1v) is 11.1. The van der Waals surface area contributed by atoms with Crippen molar-refractivity contribution in [1.82, 2.24) is 5.43 Å². The summed E-state index contributed by atoms with van der Waals surface area (Å²) in [7, 11) is 0. The molecule has 1 N–H and O–H groups in total. The minimum atomic E-state index is -0.541. The summed E-state index contributed by atoms with van der Waals surface area (Å²) >= 11 is 6.02. The monoisotopic (exact) mass is 484 g/mol. The molecule has 4 aromatic carbocycles. The largest absolute Gasteiger partial charge is 0.489 e. The molecule has 0 fully saturated rings. The lowest BCUT2D eigenvalue weighted by Crippen LogP contribution is -2.17. The Bertz CT molecular complexity index is 1320. The van der Waals surface area contributed by atoms with Crippen molar-refractivity contribution in [2.75, 3.05) is 0 Å². The molecule has 0 aromatic heterocycles. The number of amides is 1. The van der Waals surface area contributed by atoms with Crippen molar-refractivity contribution in [3.8, 4) is 11.5 Å². The average Bonchev–Trinajstić information content (AvgIpc) is 2.89. The maximum Gasteiger partial charge on any atom is 0.345 e. The highest BCUT2D eigenvalue weighted by molar-refractivity contribution is 6.33. The number of halogens is 1. The number of ether oxygens (including phenoxy) is 2. The van der Waals surface area contributed by atoms with Crippen LogP contribution in [0.1, 0.15) is 31.8 Å². The van der Waals surface area contributed by atoms with Crippen LogP contribution in [0.5, 0.6) is 11.5 Å². The van der Waals surface area contributed by atoms with Crippen molar-refractivity contribution >= 4 is 29.7 Å². The molecular formula is C28H21ClN2O4. The lowest BCUT2D eigenvalue weighted by Gasteiger charge is -2.07. The van der Waals surface area contributed by atoms with E-state index in [1.165, 1.54) is 6.21 Å². The molecule has 4 rings (SSSR count). The molecule has 0 aliphatic rings. The molecule has 0 heterocycles. The van der Waals surface area contributed by atoms with E-state index in [0.717, 1.165) is 5.56 Å². The van der Waals surface area contributed by atoms with Crippen LogP contribution in [0.4, 0.5) is 0 Å². The van der Waals surface area contributed by atoms with Gasteiger partial charge in [0.2, 0.25) is 0 Å². The first-order valence-electron chi connectivity index (χ1n) is 10.8. The molecule has 0 bridgehead atoms. The molecule has 0 aliphatic heterocycles. The molecule has 0 atom stereocenters. The maximum absolute atomic E-state index is 12.3. The zero-order valence-electron chi connectivity index (χ0n) is 18.6. The van der Waals surface area contributed by atoms with Gasteiger partial charge in [0.15, 0.2) is 0 Å². The van der Waals surface area contributed by atoms with Crippen LogP contribution in [0.25, 0.3) is 0 Å². The summed E-state index contributed by atoms with van der Waals surface area (Å²) in [5.74, 6) is 0.150. The van der Waals surface area contributed by atoms with Gasteiger partial charge in [0.1, 0.15) is 18.1 Å². The number of esters is 1. The molecule has 0 radical (unpaired) electrons. The number of nitrogens with zero attached hydrogens (tertiary/aromatic N) is 1. The zero-order chi connectivity index (χ0) is 24.5. The van der Waals surface area contributed by atoms with Gasteiger partial charge in [-0.3, -0.25) is 4.79 Å². The minimum Gasteiger partial charge on any atom is -0.489 e. The van der Waals surface area contributed by atoms with E-state index in [2.05, 4.69) is 10.5 Å². The van der Waals surface area contributed by atoms with Crippen molar-refractivity contribution < 1.29 is 19.1 Å². The number of nitrogens with one attached hydrogen (secondary N) is 1. The van der Waals surface area contributed by atoms with Crippen LogP contribution in [0.15, 0.2) is 108 Å². The van der Waals surface area contributed by atoms with Gasteiger partial charge in [0, 0.05) is 5.56 Å². The van der Waals surface area contributed by atoms with E-state index in [1.807, 2.05) is 30.3 Å². The van der Waals surface area contributed by atoms with Gasteiger partial charge in [-0.1, -0.05) is 54.1 Å². The zero-order valence-corrected chi connectivity index (χ0v) is 19.3. The second-order valence-electron chi connectivity index (χ2n) is 7.44. The summed E-state index contributed by atoms with van der Waals surface area (Å²) in [5, 5.41) is 4.31. The van der Waals surface area contributed by atoms with Crippen LogP contribution in [0.2, 0.25) is 5.02 Å². The van der Waals surface area contributed by atoms with Crippen molar-refractivity contribution in [2.24, 2.45) is 5.10 Å². The van der Waals surface area contributed by atoms with Gasteiger partial charge in [-0.05, 0) is 71.8 Å². The van der Waals surface area contributed by atoms with Gasteiger partial charge in [0.05, 0.1) is 16.8 Å². The average molecular weight is 485 g/mol. The van der Waals surface area contributed by atoms with Crippen LogP contribution < -0.4 is 14.9 Å². The van der Waals surface area contributed by atoms with Crippen molar-refractivity contribution in [3.63, 3.8) is 0 Å². The molecule has 0 unspecified atom stereocenters. The summed E-state index contributed by atoms with van der Waals surface area (Å²) in [4.78, 5) is 24.6. The molecule has 0 aliphatic carbocycles. The van der Waals surface area contributed by atoms with Crippen LogP contribution in [0.3, 0.4) is 0 Å². The third-order valence-electron chi connectivity index (χ3n) is 4.93. The Morgan fingerprint density at radius 2 is 1.46 bits per heavy atom. The SMILES string of the molecule is O=C(NN=Cc1ccc(OC(=O)c2ccccc2Cl)cc1)c1ccc(OCc2ccccc2)cc1. The number of hydrazone groups is 1. The van der Waals surface area contributed by atoms with E-state index >= 15 is 0 Å². The number of rotatable bonds is 8. The third kappa shape index (κ3) is 6.79. The van der Waals surface area contributed by atoms with E-state index in [4.69, 9.17) is 21.1 Å². The Morgan fingerprint density at radius 1 is 0.800 bits per heavy atom. The van der Waals surface area contributed by atoms with Crippen LogP contribution in [-0.2, 0) is 6.61 Å². The van der Waals surface area contributed by atoms with Gasteiger partial charge in [-0.25, -0.2) is 10.2 Å². The lowest BCUT2D eigenvalue weighted by molar-refractivity contribution is 0.0734. The molecule has 0 spiro atoms. The van der Waals surface area contributed by atoms with Gasteiger partial charge < -0.3 is 9.47 Å². The fourth-order valence-corrected chi connectivity index (χ4v) is 3.30. The standard InChI is InChI=1S/C28H21ClN2O4/c29-26-9-5-4-8-25(26)28(33)35-24-14-10-20(11-15-24)18-30-31-27(32)22-12-16-23(17-13-22)34-19-21-6-2-1-3-7-21/h1-18H,19H2,(H,31,32). The number of carbonyl (C=O) groups excluding carboxylic acids is 2. The smallest absolute Gasteiger partial charge is 0.345 e. The Hall–Kier alpha value is -4.42. The van der Waals surface area contributed by atoms with Crippen LogP contribution in [-0.4, -0.2) is 18.1 Å². The van der Waals surface area contributed by atoms with Crippen molar-refractivity contribution in [3.05, 3.63) is 130 Å². The predicted molar refractivity (Wildman–Crippen MR) is 135 cm³/mol. The number of benzene rings is 4. The van der Waals surface area contributed by atoms with Gasteiger partial charge in [0.25, 0.3) is 5.91 Å². The van der Waals surface area contributed by atoms with E-state index < -0.39 is 5.97 Å². The number of carbonyl (C=O) groups is 2. The number of hydrogen-bond acceptors (Lipinski definition) is 5. The summed E-state index contributed by atoms with van der Waals surface area (Å²) in [6.45, 7) is 0.453. The molecule has 0 saturated carbocycles.